The smallest absolute Gasteiger partial charge is 0.163 e. The minimum atomic E-state index is 0.172. The van der Waals surface area contributed by atoms with E-state index in [4.69, 9.17) is 0 Å². The SMILES string of the molecule is O=C(CCBr)c1cc(Br)cc(CBr)c1. The van der Waals surface area contributed by atoms with E-state index in [9.17, 15) is 4.79 Å². The Labute approximate surface area is 109 Å². The molecule has 0 fully saturated rings. The van der Waals surface area contributed by atoms with Crippen molar-refractivity contribution in [3.05, 3.63) is 33.8 Å². The summed E-state index contributed by atoms with van der Waals surface area (Å²) in [6, 6.07) is 5.78. The number of carbonyl (C=O) groups excluding carboxylic acids is 1. The Kier molecular flexibility index (Phi) is 5.34. The van der Waals surface area contributed by atoms with Crippen LogP contribution in [0.2, 0.25) is 0 Å². The summed E-state index contributed by atoms with van der Waals surface area (Å²) >= 11 is 10.0. The fourth-order valence-electron chi connectivity index (χ4n) is 1.12. The van der Waals surface area contributed by atoms with E-state index in [1.165, 1.54) is 0 Å². The van der Waals surface area contributed by atoms with Gasteiger partial charge in [0.1, 0.15) is 0 Å². The lowest BCUT2D eigenvalue weighted by atomic mass is 10.1. The molecule has 0 unspecified atom stereocenters. The van der Waals surface area contributed by atoms with Gasteiger partial charge < -0.3 is 0 Å². The van der Waals surface area contributed by atoms with Gasteiger partial charge in [-0.3, -0.25) is 4.79 Å². The average Bonchev–Trinajstić information content (AvgIpc) is 2.17. The Morgan fingerprint density at radius 3 is 2.50 bits per heavy atom. The predicted octanol–water partition coefficient (Wildman–Crippen LogP) is 4.31. The van der Waals surface area contributed by atoms with Crippen LogP contribution in [0.4, 0.5) is 0 Å². The number of benzene rings is 1. The number of Topliss-reactive ketones (excluding diaryl/α,β-unsaturated/α-hetero) is 1. The summed E-state index contributed by atoms with van der Waals surface area (Å²) in [6.45, 7) is 0. The molecular formula is C10H9Br3O. The summed E-state index contributed by atoms with van der Waals surface area (Å²) in [7, 11) is 0. The van der Waals surface area contributed by atoms with Gasteiger partial charge in [-0.25, -0.2) is 0 Å². The molecule has 0 aliphatic carbocycles. The predicted molar refractivity (Wildman–Crippen MR) is 69.5 cm³/mol. The molecule has 0 heterocycles. The van der Waals surface area contributed by atoms with E-state index in [0.717, 1.165) is 20.9 Å². The number of alkyl halides is 2. The first kappa shape index (κ1) is 12.4. The molecule has 0 spiro atoms. The molecule has 1 aromatic rings. The van der Waals surface area contributed by atoms with Gasteiger partial charge in [0.15, 0.2) is 5.78 Å². The van der Waals surface area contributed by atoms with Crippen molar-refractivity contribution in [2.45, 2.75) is 11.8 Å². The van der Waals surface area contributed by atoms with Crippen molar-refractivity contribution < 1.29 is 4.79 Å². The molecule has 0 bridgehead atoms. The second-order valence-corrected chi connectivity index (χ2v) is 5.11. The van der Waals surface area contributed by atoms with Gasteiger partial charge in [0.2, 0.25) is 0 Å². The average molecular weight is 385 g/mol. The summed E-state index contributed by atoms with van der Waals surface area (Å²) in [5.74, 6) is 0.172. The van der Waals surface area contributed by atoms with Crippen LogP contribution in [-0.2, 0) is 5.33 Å². The lowest BCUT2D eigenvalue weighted by Gasteiger charge is -2.03. The van der Waals surface area contributed by atoms with Gasteiger partial charge in [0.05, 0.1) is 0 Å². The largest absolute Gasteiger partial charge is 0.294 e. The standard InChI is InChI=1S/C10H9Br3O/c11-2-1-10(14)8-3-7(6-12)4-9(13)5-8/h3-5H,1-2,6H2. The molecular weight excluding hydrogens is 376 g/mol. The van der Waals surface area contributed by atoms with Crippen LogP contribution >= 0.6 is 47.8 Å². The van der Waals surface area contributed by atoms with Gasteiger partial charge in [-0.05, 0) is 23.8 Å². The fourth-order valence-corrected chi connectivity index (χ4v) is 2.34. The zero-order chi connectivity index (χ0) is 10.6. The molecule has 1 rings (SSSR count). The van der Waals surface area contributed by atoms with Crippen molar-refractivity contribution in [3.8, 4) is 0 Å². The van der Waals surface area contributed by atoms with Gasteiger partial charge >= 0.3 is 0 Å². The topological polar surface area (TPSA) is 17.1 Å². The number of halogens is 3. The summed E-state index contributed by atoms with van der Waals surface area (Å²) in [5.41, 5.74) is 1.88. The maximum Gasteiger partial charge on any atom is 0.163 e. The molecule has 0 aliphatic rings. The van der Waals surface area contributed by atoms with E-state index < -0.39 is 0 Å². The lowest BCUT2D eigenvalue weighted by molar-refractivity contribution is 0.0989. The quantitative estimate of drug-likeness (QED) is 0.558. The monoisotopic (exact) mass is 382 g/mol. The third-order valence-corrected chi connectivity index (χ3v) is 3.26. The highest BCUT2D eigenvalue weighted by molar-refractivity contribution is 9.10. The number of rotatable bonds is 4. The van der Waals surface area contributed by atoms with Gasteiger partial charge in [0.25, 0.3) is 0 Å². The second-order valence-electron chi connectivity index (χ2n) is 2.84. The van der Waals surface area contributed by atoms with Crippen LogP contribution in [0.1, 0.15) is 22.3 Å². The normalized spacial score (nSPS) is 10.2. The molecule has 0 saturated carbocycles. The maximum absolute atomic E-state index is 11.6. The van der Waals surface area contributed by atoms with E-state index in [0.29, 0.717) is 11.8 Å². The van der Waals surface area contributed by atoms with Crippen LogP contribution in [0, 0.1) is 0 Å². The number of hydrogen-bond acceptors (Lipinski definition) is 1. The first-order valence-corrected chi connectivity index (χ1v) is 7.15. The number of ketones is 1. The zero-order valence-electron chi connectivity index (χ0n) is 7.40. The molecule has 0 aromatic heterocycles. The molecule has 4 heteroatoms. The molecule has 0 N–H and O–H groups in total. The highest BCUT2D eigenvalue weighted by Gasteiger charge is 2.06. The lowest BCUT2D eigenvalue weighted by Crippen LogP contribution is -2.00. The fraction of sp³-hybridized carbons (Fsp3) is 0.300. The summed E-state index contributed by atoms with van der Waals surface area (Å²) < 4.78 is 0.951. The molecule has 0 saturated heterocycles. The number of carbonyl (C=O) groups is 1. The molecule has 1 nitrogen and oxygen atoms in total. The Hall–Kier alpha value is 0.330. The molecule has 0 aliphatic heterocycles. The number of hydrogen-bond donors (Lipinski definition) is 0. The first-order valence-electron chi connectivity index (χ1n) is 4.12. The summed E-state index contributed by atoms with van der Waals surface area (Å²) in [4.78, 5) is 11.6. The Bertz CT molecular complexity index is 336. The van der Waals surface area contributed by atoms with Crippen molar-refractivity contribution in [2.24, 2.45) is 0 Å². The van der Waals surface area contributed by atoms with Crippen molar-refractivity contribution in [1.82, 2.24) is 0 Å². The van der Waals surface area contributed by atoms with Crippen LogP contribution in [0.15, 0.2) is 22.7 Å². The van der Waals surface area contributed by atoms with E-state index in [1.807, 2.05) is 18.2 Å². The molecule has 1 aromatic carbocycles. The van der Waals surface area contributed by atoms with Crippen LogP contribution in [0.25, 0.3) is 0 Å². The van der Waals surface area contributed by atoms with E-state index in [-0.39, 0.29) is 5.78 Å². The second kappa shape index (κ2) is 6.03. The first-order chi connectivity index (χ1) is 6.67. The zero-order valence-corrected chi connectivity index (χ0v) is 12.2. The molecule has 14 heavy (non-hydrogen) atoms. The van der Waals surface area contributed by atoms with E-state index in [2.05, 4.69) is 47.8 Å². The third kappa shape index (κ3) is 3.48. The maximum atomic E-state index is 11.6. The van der Waals surface area contributed by atoms with Crippen LogP contribution in [0.5, 0.6) is 0 Å². The molecule has 0 amide bonds. The van der Waals surface area contributed by atoms with Crippen molar-refractivity contribution in [3.63, 3.8) is 0 Å². The van der Waals surface area contributed by atoms with Gasteiger partial charge in [-0.2, -0.15) is 0 Å². The summed E-state index contributed by atoms with van der Waals surface area (Å²) in [5, 5.41) is 1.48. The van der Waals surface area contributed by atoms with Gasteiger partial charge in [-0.15, -0.1) is 0 Å². The minimum absolute atomic E-state index is 0.172. The van der Waals surface area contributed by atoms with Crippen LogP contribution < -0.4 is 0 Å². The highest BCUT2D eigenvalue weighted by atomic mass is 79.9. The minimum Gasteiger partial charge on any atom is -0.294 e. The van der Waals surface area contributed by atoms with Crippen molar-refractivity contribution in [2.75, 3.05) is 5.33 Å². The molecule has 0 atom stereocenters. The third-order valence-electron chi connectivity index (χ3n) is 1.76. The Morgan fingerprint density at radius 1 is 1.21 bits per heavy atom. The van der Waals surface area contributed by atoms with Crippen molar-refractivity contribution >= 4 is 53.6 Å². The Balaban J connectivity index is 2.96. The van der Waals surface area contributed by atoms with E-state index >= 15 is 0 Å². The Morgan fingerprint density at radius 2 is 1.93 bits per heavy atom. The molecule has 76 valence electrons. The highest BCUT2D eigenvalue weighted by Crippen LogP contribution is 2.19. The van der Waals surface area contributed by atoms with Gasteiger partial charge in [0, 0.05) is 27.1 Å². The van der Waals surface area contributed by atoms with Crippen LogP contribution in [-0.4, -0.2) is 11.1 Å². The molecule has 0 radical (unpaired) electrons. The van der Waals surface area contributed by atoms with Crippen LogP contribution in [0.3, 0.4) is 0 Å². The van der Waals surface area contributed by atoms with Gasteiger partial charge in [-0.1, -0.05) is 47.8 Å². The van der Waals surface area contributed by atoms with E-state index in [1.54, 1.807) is 0 Å². The summed E-state index contributed by atoms with van der Waals surface area (Å²) in [6.07, 6.45) is 0.540. The van der Waals surface area contributed by atoms with Crippen molar-refractivity contribution in [1.29, 1.82) is 0 Å².